The van der Waals surface area contributed by atoms with Gasteiger partial charge in [-0.3, -0.25) is 0 Å². The number of alkyl halides is 2. The molecule has 3 nitrogen and oxygen atoms in total. The smallest absolute Gasteiger partial charge is 0.288 e. The average Bonchev–Trinajstić information content (AvgIpc) is 2.78. The second kappa shape index (κ2) is 7.60. The van der Waals surface area contributed by atoms with Crippen molar-refractivity contribution in [2.24, 2.45) is 7.05 Å². The van der Waals surface area contributed by atoms with Crippen LogP contribution in [0.25, 0.3) is 0 Å². The summed E-state index contributed by atoms with van der Waals surface area (Å²) in [6, 6.07) is 10.8. The van der Waals surface area contributed by atoms with Crippen LogP contribution in [0.2, 0.25) is 0 Å². The second-order valence-corrected chi connectivity index (χ2v) is 6.21. The number of nitrogens with one attached hydrogen (secondary N) is 2. The van der Waals surface area contributed by atoms with Crippen LogP contribution in [0.3, 0.4) is 0 Å². The van der Waals surface area contributed by atoms with Gasteiger partial charge in [-0.2, -0.15) is 8.78 Å². The molecule has 0 amide bonds. The summed E-state index contributed by atoms with van der Waals surface area (Å²) < 4.78 is 26.6. The highest BCUT2D eigenvalue weighted by molar-refractivity contribution is 7.99. The normalized spacial score (nSPS) is 10.8. The van der Waals surface area contributed by atoms with Crippen LogP contribution in [0.4, 0.5) is 14.5 Å². The van der Waals surface area contributed by atoms with Gasteiger partial charge in [-0.25, -0.2) is 0 Å². The number of halogens is 2. The highest BCUT2D eigenvalue weighted by Gasteiger charge is 2.06. The third-order valence-electron chi connectivity index (χ3n) is 3.24. The molecule has 0 saturated carbocycles. The molecule has 0 bridgehead atoms. The summed E-state index contributed by atoms with van der Waals surface area (Å²) >= 11 is 5.76. The zero-order valence-corrected chi connectivity index (χ0v) is 13.9. The first kappa shape index (κ1) is 16.8. The van der Waals surface area contributed by atoms with Crippen molar-refractivity contribution in [1.82, 2.24) is 9.88 Å². The molecule has 2 rings (SSSR count). The van der Waals surface area contributed by atoms with Gasteiger partial charge >= 0.3 is 0 Å². The second-order valence-electron chi connectivity index (χ2n) is 4.74. The molecule has 2 aromatic rings. The minimum absolute atomic E-state index is 0.494. The zero-order valence-electron chi connectivity index (χ0n) is 12.3. The molecule has 118 valence electrons. The van der Waals surface area contributed by atoms with Crippen LogP contribution in [0.1, 0.15) is 11.4 Å². The van der Waals surface area contributed by atoms with Gasteiger partial charge in [0.1, 0.15) is 0 Å². The maximum absolute atomic E-state index is 12.2. The van der Waals surface area contributed by atoms with Crippen molar-refractivity contribution in [3.8, 4) is 0 Å². The molecular weight excluding hydrogens is 324 g/mol. The molecule has 0 aliphatic rings. The van der Waals surface area contributed by atoms with E-state index in [-0.39, 0.29) is 0 Å². The van der Waals surface area contributed by atoms with E-state index in [0.717, 1.165) is 11.4 Å². The van der Waals surface area contributed by atoms with E-state index < -0.39 is 5.76 Å². The maximum atomic E-state index is 12.2. The third-order valence-corrected chi connectivity index (χ3v) is 4.21. The number of aromatic nitrogens is 1. The predicted octanol–water partition coefficient (Wildman–Crippen LogP) is 4.13. The van der Waals surface area contributed by atoms with E-state index in [1.165, 1.54) is 5.69 Å². The SMILES string of the molecule is Cc1ccc(CNC(=S)Nc2ccc(SC(F)F)cc2)n1C. The van der Waals surface area contributed by atoms with Crippen LogP contribution in [-0.2, 0) is 13.6 Å². The van der Waals surface area contributed by atoms with E-state index in [9.17, 15) is 8.78 Å². The molecule has 0 radical (unpaired) electrons. The predicted molar refractivity (Wildman–Crippen MR) is 91.5 cm³/mol. The molecule has 1 heterocycles. The first-order valence-electron chi connectivity index (χ1n) is 6.66. The van der Waals surface area contributed by atoms with Gasteiger partial charge < -0.3 is 15.2 Å². The number of thiocarbonyl (C=S) groups is 1. The van der Waals surface area contributed by atoms with Crippen LogP contribution >= 0.6 is 24.0 Å². The van der Waals surface area contributed by atoms with Crippen molar-refractivity contribution < 1.29 is 8.78 Å². The van der Waals surface area contributed by atoms with Gasteiger partial charge in [0.05, 0.1) is 6.54 Å². The van der Waals surface area contributed by atoms with Crippen molar-refractivity contribution in [2.75, 3.05) is 5.32 Å². The lowest BCUT2D eigenvalue weighted by molar-refractivity contribution is 0.252. The Hall–Kier alpha value is -1.60. The van der Waals surface area contributed by atoms with E-state index in [0.29, 0.717) is 28.3 Å². The summed E-state index contributed by atoms with van der Waals surface area (Å²) in [6.07, 6.45) is 0. The Balaban J connectivity index is 1.85. The number of thioether (sulfide) groups is 1. The highest BCUT2D eigenvalue weighted by atomic mass is 32.2. The summed E-state index contributed by atoms with van der Waals surface area (Å²) in [5, 5.41) is 6.65. The fourth-order valence-corrected chi connectivity index (χ4v) is 2.60. The van der Waals surface area contributed by atoms with Crippen molar-refractivity contribution in [3.63, 3.8) is 0 Å². The summed E-state index contributed by atoms with van der Waals surface area (Å²) in [5.41, 5.74) is 3.08. The van der Waals surface area contributed by atoms with E-state index in [4.69, 9.17) is 12.2 Å². The third kappa shape index (κ3) is 4.71. The molecule has 1 aromatic heterocycles. The quantitative estimate of drug-likeness (QED) is 0.632. The molecule has 2 N–H and O–H groups in total. The van der Waals surface area contributed by atoms with E-state index in [2.05, 4.69) is 15.2 Å². The minimum Gasteiger partial charge on any atom is -0.357 e. The summed E-state index contributed by atoms with van der Waals surface area (Å²) in [5.74, 6) is -2.41. The molecule has 7 heteroatoms. The van der Waals surface area contributed by atoms with Gasteiger partial charge in [0.25, 0.3) is 5.76 Å². The number of nitrogens with zero attached hydrogens (tertiary/aromatic N) is 1. The van der Waals surface area contributed by atoms with Crippen molar-refractivity contribution >= 4 is 34.8 Å². The van der Waals surface area contributed by atoms with Crippen LogP contribution in [-0.4, -0.2) is 15.4 Å². The van der Waals surface area contributed by atoms with Crippen LogP contribution < -0.4 is 10.6 Å². The monoisotopic (exact) mass is 341 g/mol. The first-order valence-corrected chi connectivity index (χ1v) is 7.95. The molecule has 0 aliphatic heterocycles. The fourth-order valence-electron chi connectivity index (χ4n) is 1.91. The molecular formula is C15H17F2N3S2. The Kier molecular flexibility index (Phi) is 5.79. The molecule has 0 aliphatic carbocycles. The number of aryl methyl sites for hydroxylation is 1. The van der Waals surface area contributed by atoms with E-state index in [1.807, 2.05) is 26.1 Å². The largest absolute Gasteiger partial charge is 0.357 e. The molecule has 0 spiro atoms. The first-order chi connectivity index (χ1) is 10.5. The molecule has 0 fully saturated rings. The minimum atomic E-state index is -2.41. The topological polar surface area (TPSA) is 29.0 Å². The number of hydrogen-bond acceptors (Lipinski definition) is 2. The fraction of sp³-hybridized carbons (Fsp3) is 0.267. The average molecular weight is 341 g/mol. The Labute approximate surface area is 138 Å². The van der Waals surface area contributed by atoms with Crippen molar-refractivity contribution in [3.05, 3.63) is 47.8 Å². The van der Waals surface area contributed by atoms with Crippen molar-refractivity contribution in [1.29, 1.82) is 0 Å². The molecule has 0 atom stereocenters. The van der Waals surface area contributed by atoms with Gasteiger partial charge in [0.2, 0.25) is 0 Å². The Morgan fingerprint density at radius 1 is 1.23 bits per heavy atom. The van der Waals surface area contributed by atoms with E-state index >= 15 is 0 Å². The lowest BCUT2D eigenvalue weighted by Crippen LogP contribution is -2.28. The van der Waals surface area contributed by atoms with Gasteiger partial charge in [-0.05, 0) is 55.5 Å². The summed E-state index contributed by atoms with van der Waals surface area (Å²) in [4.78, 5) is 0.527. The Morgan fingerprint density at radius 2 is 1.91 bits per heavy atom. The van der Waals surface area contributed by atoms with Crippen molar-refractivity contribution in [2.45, 2.75) is 24.1 Å². The zero-order chi connectivity index (χ0) is 16.1. The summed E-state index contributed by atoms with van der Waals surface area (Å²) in [7, 11) is 2.00. The van der Waals surface area contributed by atoms with Gasteiger partial charge in [0, 0.05) is 29.0 Å². The molecule has 22 heavy (non-hydrogen) atoms. The van der Waals surface area contributed by atoms with Crippen LogP contribution in [0.5, 0.6) is 0 Å². The molecule has 1 aromatic carbocycles. The highest BCUT2D eigenvalue weighted by Crippen LogP contribution is 2.26. The Morgan fingerprint density at radius 3 is 2.45 bits per heavy atom. The maximum Gasteiger partial charge on any atom is 0.288 e. The Bertz CT molecular complexity index is 639. The van der Waals surface area contributed by atoms with Gasteiger partial charge in [0.15, 0.2) is 5.11 Å². The lowest BCUT2D eigenvalue weighted by atomic mass is 10.3. The number of rotatable bonds is 5. The van der Waals surface area contributed by atoms with Crippen LogP contribution in [0.15, 0.2) is 41.3 Å². The van der Waals surface area contributed by atoms with Crippen LogP contribution in [0, 0.1) is 6.92 Å². The molecule has 0 unspecified atom stereocenters. The lowest BCUT2D eigenvalue weighted by Gasteiger charge is -2.12. The van der Waals surface area contributed by atoms with Gasteiger partial charge in [-0.15, -0.1) is 0 Å². The number of benzene rings is 1. The van der Waals surface area contributed by atoms with E-state index in [1.54, 1.807) is 24.3 Å². The van der Waals surface area contributed by atoms with Gasteiger partial charge in [-0.1, -0.05) is 11.8 Å². The standard InChI is InChI=1S/C15H17F2N3S2/c1-10-3-6-12(20(10)2)9-18-15(21)19-11-4-7-13(8-5-11)22-14(16)17/h3-8,14H,9H2,1-2H3,(H2,18,19,21). The number of hydrogen-bond donors (Lipinski definition) is 2. The molecule has 0 saturated heterocycles. The summed E-state index contributed by atoms with van der Waals surface area (Å²) in [6.45, 7) is 2.66. The number of anilines is 1.